The van der Waals surface area contributed by atoms with Crippen LogP contribution in [0.4, 0.5) is 5.69 Å². The number of aryl methyl sites for hydroxylation is 1. The molecule has 0 unspecified atom stereocenters. The minimum atomic E-state index is -0.432. The highest BCUT2D eigenvalue weighted by Crippen LogP contribution is 2.27. The van der Waals surface area contributed by atoms with Crippen LogP contribution in [0.5, 0.6) is 5.75 Å². The van der Waals surface area contributed by atoms with E-state index in [1.807, 2.05) is 6.07 Å². The summed E-state index contributed by atoms with van der Waals surface area (Å²) in [6.07, 6.45) is 3.09. The molecule has 2 aromatic carbocycles. The normalized spacial score (nSPS) is 11.1. The van der Waals surface area contributed by atoms with Crippen LogP contribution in [0, 0.1) is 24.0 Å². The molecule has 7 nitrogen and oxygen atoms in total. The van der Waals surface area contributed by atoms with Crippen LogP contribution < -0.4 is 4.74 Å². The molecule has 31 heavy (non-hydrogen) atoms. The van der Waals surface area contributed by atoms with E-state index >= 15 is 0 Å². The molecule has 3 aromatic rings. The van der Waals surface area contributed by atoms with Gasteiger partial charge in [-0.25, -0.2) is 0 Å². The second-order valence-corrected chi connectivity index (χ2v) is 7.67. The maximum absolute atomic E-state index is 12.5. The molecule has 0 fully saturated rings. The Kier molecular flexibility index (Phi) is 6.77. The second kappa shape index (κ2) is 9.32. The van der Waals surface area contributed by atoms with Crippen LogP contribution in [0.25, 0.3) is 6.08 Å². The van der Waals surface area contributed by atoms with Gasteiger partial charge in [-0.3, -0.25) is 19.6 Å². The summed E-state index contributed by atoms with van der Waals surface area (Å²) in [5, 5.41) is 16.3. The second-order valence-electron chi connectivity index (χ2n) is 6.83. The summed E-state index contributed by atoms with van der Waals surface area (Å²) in [7, 11) is 1.55. The van der Waals surface area contributed by atoms with Gasteiger partial charge >= 0.3 is 5.69 Å². The van der Waals surface area contributed by atoms with E-state index in [0.717, 1.165) is 11.1 Å². The fourth-order valence-corrected chi connectivity index (χ4v) is 3.75. The number of ketones is 1. The van der Waals surface area contributed by atoms with Crippen molar-refractivity contribution in [3.05, 3.63) is 90.7 Å². The number of carbonyl (C=O) groups excluding carboxylic acids is 1. The van der Waals surface area contributed by atoms with Gasteiger partial charge in [0, 0.05) is 16.1 Å². The molecule has 0 saturated carbocycles. The van der Waals surface area contributed by atoms with Crippen molar-refractivity contribution >= 4 is 40.7 Å². The SMILES string of the molecule is COc1ccc(/C=C/C(=O)c2ccc(Cl)cc2Cl)cc1Cn1nc(C)c([N+](=O)[O-])c1C. The number of halogens is 2. The molecule has 160 valence electrons. The van der Waals surface area contributed by atoms with Crippen molar-refractivity contribution < 1.29 is 14.5 Å². The Labute approximate surface area is 189 Å². The van der Waals surface area contributed by atoms with Crippen molar-refractivity contribution in [2.75, 3.05) is 7.11 Å². The Morgan fingerprint density at radius 2 is 1.97 bits per heavy atom. The number of nitrogens with zero attached hydrogens (tertiary/aromatic N) is 3. The molecule has 0 aliphatic rings. The zero-order chi connectivity index (χ0) is 22.7. The lowest BCUT2D eigenvalue weighted by atomic mass is 10.1. The Morgan fingerprint density at radius 3 is 2.58 bits per heavy atom. The van der Waals surface area contributed by atoms with Crippen molar-refractivity contribution in [2.24, 2.45) is 0 Å². The zero-order valence-corrected chi connectivity index (χ0v) is 18.6. The van der Waals surface area contributed by atoms with Gasteiger partial charge in [0.05, 0.1) is 23.6 Å². The number of carbonyl (C=O) groups is 1. The summed E-state index contributed by atoms with van der Waals surface area (Å²) < 4.78 is 6.99. The lowest BCUT2D eigenvalue weighted by molar-refractivity contribution is -0.386. The summed E-state index contributed by atoms with van der Waals surface area (Å²) in [4.78, 5) is 23.3. The fourth-order valence-electron chi connectivity index (χ4n) is 3.24. The van der Waals surface area contributed by atoms with Crippen LogP contribution in [-0.4, -0.2) is 27.6 Å². The number of allylic oxidation sites excluding steroid dienone is 1. The minimum Gasteiger partial charge on any atom is -0.496 e. The standard InChI is InChI=1S/C22H19Cl2N3O4/c1-13-22(27(29)30)14(2)26(25-13)12-16-10-15(5-9-21(16)31-3)4-8-20(28)18-7-6-17(23)11-19(18)24/h4-11H,12H2,1-3H3/b8-4+. The van der Waals surface area contributed by atoms with E-state index < -0.39 is 4.92 Å². The van der Waals surface area contributed by atoms with Gasteiger partial charge < -0.3 is 4.74 Å². The van der Waals surface area contributed by atoms with Crippen molar-refractivity contribution in [3.63, 3.8) is 0 Å². The van der Waals surface area contributed by atoms with E-state index in [-0.39, 0.29) is 23.0 Å². The highest BCUT2D eigenvalue weighted by molar-refractivity contribution is 6.37. The number of ether oxygens (including phenoxy) is 1. The lowest BCUT2D eigenvalue weighted by Crippen LogP contribution is -2.06. The first-order chi connectivity index (χ1) is 14.7. The highest BCUT2D eigenvalue weighted by atomic mass is 35.5. The molecule has 0 aliphatic carbocycles. The van der Waals surface area contributed by atoms with Crippen molar-refractivity contribution in [1.82, 2.24) is 9.78 Å². The molecular weight excluding hydrogens is 441 g/mol. The Morgan fingerprint density at radius 1 is 1.23 bits per heavy atom. The molecule has 0 bridgehead atoms. The average molecular weight is 460 g/mol. The summed E-state index contributed by atoms with van der Waals surface area (Å²) >= 11 is 12.0. The molecule has 9 heteroatoms. The van der Waals surface area contributed by atoms with E-state index in [1.54, 1.807) is 56.0 Å². The van der Waals surface area contributed by atoms with Gasteiger partial charge in [0.2, 0.25) is 0 Å². The Bertz CT molecular complexity index is 1200. The van der Waals surface area contributed by atoms with Crippen molar-refractivity contribution in [2.45, 2.75) is 20.4 Å². The molecule has 0 N–H and O–H groups in total. The van der Waals surface area contributed by atoms with Gasteiger partial charge in [-0.05, 0) is 55.8 Å². The topological polar surface area (TPSA) is 87.3 Å². The van der Waals surface area contributed by atoms with Crippen molar-refractivity contribution in [3.8, 4) is 5.75 Å². The van der Waals surface area contributed by atoms with Crippen LogP contribution >= 0.6 is 23.2 Å². The first-order valence-electron chi connectivity index (χ1n) is 9.24. The molecule has 0 amide bonds. The molecular formula is C22H19Cl2N3O4. The molecule has 0 atom stereocenters. The number of nitro groups is 1. The number of rotatable bonds is 7. The lowest BCUT2D eigenvalue weighted by Gasteiger charge is -2.11. The first kappa shape index (κ1) is 22.5. The third kappa shape index (κ3) is 4.95. The smallest absolute Gasteiger partial charge is 0.312 e. The summed E-state index contributed by atoms with van der Waals surface area (Å²) in [5.74, 6) is 0.354. The van der Waals surface area contributed by atoms with Crippen LogP contribution in [0.2, 0.25) is 10.0 Å². The van der Waals surface area contributed by atoms with Gasteiger partial charge in [-0.15, -0.1) is 0 Å². The van der Waals surface area contributed by atoms with Gasteiger partial charge in [0.1, 0.15) is 17.1 Å². The minimum absolute atomic E-state index is 0.000423. The van der Waals surface area contributed by atoms with Gasteiger partial charge in [-0.1, -0.05) is 35.3 Å². The van der Waals surface area contributed by atoms with Gasteiger partial charge in [0.15, 0.2) is 5.78 Å². The molecule has 0 aliphatic heterocycles. The van der Waals surface area contributed by atoms with Crippen LogP contribution in [-0.2, 0) is 6.54 Å². The number of aromatic nitrogens is 2. The maximum atomic E-state index is 12.5. The third-order valence-electron chi connectivity index (χ3n) is 4.77. The highest BCUT2D eigenvalue weighted by Gasteiger charge is 2.22. The maximum Gasteiger partial charge on any atom is 0.312 e. The quantitative estimate of drug-likeness (QED) is 0.196. The van der Waals surface area contributed by atoms with Gasteiger partial charge in [0.25, 0.3) is 0 Å². The predicted octanol–water partition coefficient (Wildman–Crippen LogP) is 5.67. The monoisotopic (exact) mass is 459 g/mol. The molecule has 3 rings (SSSR count). The van der Waals surface area contributed by atoms with Gasteiger partial charge in [-0.2, -0.15) is 5.10 Å². The van der Waals surface area contributed by atoms with Crippen LogP contribution in [0.3, 0.4) is 0 Å². The Balaban J connectivity index is 1.89. The number of hydrogen-bond acceptors (Lipinski definition) is 5. The summed E-state index contributed by atoms with van der Waals surface area (Å²) in [6, 6.07) is 10.1. The average Bonchev–Trinajstić information content (AvgIpc) is 2.99. The molecule has 0 saturated heterocycles. The molecule has 0 spiro atoms. The van der Waals surface area contributed by atoms with E-state index in [2.05, 4.69) is 5.10 Å². The van der Waals surface area contributed by atoms with Crippen LogP contribution in [0.1, 0.15) is 32.9 Å². The van der Waals surface area contributed by atoms with E-state index in [1.165, 1.54) is 12.1 Å². The number of benzene rings is 2. The number of hydrogen-bond donors (Lipinski definition) is 0. The summed E-state index contributed by atoms with van der Waals surface area (Å²) in [5.41, 5.74) is 2.68. The van der Waals surface area contributed by atoms with Crippen molar-refractivity contribution in [1.29, 1.82) is 0 Å². The molecule has 1 aromatic heterocycles. The fraction of sp³-hybridized carbons (Fsp3) is 0.182. The number of methoxy groups -OCH3 is 1. The zero-order valence-electron chi connectivity index (χ0n) is 17.1. The third-order valence-corrected chi connectivity index (χ3v) is 5.32. The largest absolute Gasteiger partial charge is 0.496 e. The van der Waals surface area contributed by atoms with E-state index in [9.17, 15) is 14.9 Å². The van der Waals surface area contributed by atoms with E-state index in [4.69, 9.17) is 27.9 Å². The van der Waals surface area contributed by atoms with Crippen LogP contribution in [0.15, 0.2) is 42.5 Å². The van der Waals surface area contributed by atoms with E-state index in [0.29, 0.717) is 27.7 Å². The molecule has 1 heterocycles. The first-order valence-corrected chi connectivity index (χ1v) is 9.99. The molecule has 0 radical (unpaired) electrons. The summed E-state index contributed by atoms with van der Waals surface area (Å²) in [6.45, 7) is 3.54. The Hall–Kier alpha value is -3.16. The predicted molar refractivity (Wildman–Crippen MR) is 120 cm³/mol.